The Morgan fingerprint density at radius 1 is 0.970 bits per heavy atom. The molecule has 5 nitrogen and oxygen atoms in total. The first kappa shape index (κ1) is 22.8. The molecule has 1 saturated heterocycles. The minimum atomic E-state index is -0.347. The van der Waals surface area contributed by atoms with Crippen molar-refractivity contribution in [1.82, 2.24) is 4.90 Å². The zero-order chi connectivity index (χ0) is 23.2. The van der Waals surface area contributed by atoms with Crippen molar-refractivity contribution in [1.29, 1.82) is 0 Å². The van der Waals surface area contributed by atoms with Gasteiger partial charge in [0.2, 0.25) is 5.91 Å². The number of anilines is 1. The van der Waals surface area contributed by atoms with Crippen molar-refractivity contribution in [2.75, 3.05) is 32.6 Å². The highest BCUT2D eigenvalue weighted by molar-refractivity contribution is 5.93. The summed E-state index contributed by atoms with van der Waals surface area (Å²) in [6, 6.07) is 20.8. The Bertz CT molecular complexity index is 1110. The molecule has 6 heteroatoms. The summed E-state index contributed by atoms with van der Waals surface area (Å²) in [6.07, 6.45) is 1.56. The largest absolute Gasteiger partial charge is 0.497 e. The number of nitrogens with zero attached hydrogens (tertiary/aromatic N) is 1. The van der Waals surface area contributed by atoms with Crippen molar-refractivity contribution in [2.45, 2.75) is 19.4 Å². The smallest absolute Gasteiger partial charge is 0.227 e. The molecule has 1 heterocycles. The van der Waals surface area contributed by atoms with E-state index in [1.165, 1.54) is 13.2 Å². The summed E-state index contributed by atoms with van der Waals surface area (Å²) in [7, 11) is 3.11. The normalized spacial score (nSPS) is 14.6. The number of likely N-dealkylation sites (tertiary alicyclic amines) is 1. The van der Waals surface area contributed by atoms with Gasteiger partial charge in [-0.25, -0.2) is 4.39 Å². The van der Waals surface area contributed by atoms with Gasteiger partial charge >= 0.3 is 0 Å². The lowest BCUT2D eigenvalue weighted by molar-refractivity contribution is -0.121. The number of methoxy groups -OCH3 is 2. The second-order valence-electron chi connectivity index (χ2n) is 8.32. The van der Waals surface area contributed by atoms with Crippen LogP contribution >= 0.6 is 0 Å². The maximum atomic E-state index is 14.0. The predicted molar refractivity (Wildman–Crippen MR) is 128 cm³/mol. The Morgan fingerprint density at radius 2 is 1.70 bits per heavy atom. The molecule has 0 radical (unpaired) electrons. The van der Waals surface area contributed by atoms with E-state index in [-0.39, 0.29) is 23.4 Å². The van der Waals surface area contributed by atoms with Crippen LogP contribution in [-0.2, 0) is 11.3 Å². The predicted octanol–water partition coefficient (Wildman–Crippen LogP) is 5.36. The lowest BCUT2D eigenvalue weighted by Gasteiger charge is -2.31. The van der Waals surface area contributed by atoms with E-state index in [0.717, 1.165) is 54.1 Å². The number of benzene rings is 3. The van der Waals surface area contributed by atoms with E-state index >= 15 is 0 Å². The second-order valence-corrected chi connectivity index (χ2v) is 8.32. The average Bonchev–Trinajstić information content (AvgIpc) is 2.85. The molecule has 33 heavy (non-hydrogen) atoms. The van der Waals surface area contributed by atoms with Crippen molar-refractivity contribution in [3.8, 4) is 22.6 Å². The lowest BCUT2D eigenvalue weighted by Crippen LogP contribution is -2.37. The number of carbonyl (C=O) groups is 1. The van der Waals surface area contributed by atoms with Crippen LogP contribution in [0, 0.1) is 11.7 Å². The maximum absolute atomic E-state index is 14.0. The first-order valence-corrected chi connectivity index (χ1v) is 11.2. The molecule has 0 atom stereocenters. The summed E-state index contributed by atoms with van der Waals surface area (Å²) in [5.74, 6) is 0.721. The first-order chi connectivity index (χ1) is 16.1. The quantitative estimate of drug-likeness (QED) is 0.529. The highest BCUT2D eigenvalue weighted by atomic mass is 19.1. The number of ether oxygens (including phenoxy) is 2. The van der Waals surface area contributed by atoms with E-state index < -0.39 is 0 Å². The average molecular weight is 449 g/mol. The van der Waals surface area contributed by atoms with Crippen molar-refractivity contribution in [2.24, 2.45) is 5.92 Å². The Labute approximate surface area is 194 Å². The number of hydrogen-bond donors (Lipinski definition) is 1. The molecule has 3 aromatic carbocycles. The molecule has 0 bridgehead atoms. The molecular formula is C27H29FN2O3. The Kier molecular flexibility index (Phi) is 7.25. The summed E-state index contributed by atoms with van der Waals surface area (Å²) in [6.45, 7) is 2.27. The highest BCUT2D eigenvalue weighted by Crippen LogP contribution is 2.27. The van der Waals surface area contributed by atoms with Gasteiger partial charge in [0.05, 0.1) is 14.2 Å². The van der Waals surface area contributed by atoms with Crippen LogP contribution in [0.1, 0.15) is 18.4 Å². The Morgan fingerprint density at radius 3 is 2.39 bits per heavy atom. The van der Waals surface area contributed by atoms with Crippen molar-refractivity contribution < 1.29 is 18.7 Å². The number of nitrogens with one attached hydrogen (secondary N) is 1. The number of carbonyl (C=O) groups excluding carboxylic acids is 1. The van der Waals surface area contributed by atoms with E-state index in [1.807, 2.05) is 54.6 Å². The van der Waals surface area contributed by atoms with Crippen LogP contribution < -0.4 is 14.8 Å². The van der Waals surface area contributed by atoms with Gasteiger partial charge in [-0.15, -0.1) is 0 Å². The maximum Gasteiger partial charge on any atom is 0.227 e. The van der Waals surface area contributed by atoms with Crippen molar-refractivity contribution >= 4 is 11.6 Å². The topological polar surface area (TPSA) is 50.8 Å². The van der Waals surface area contributed by atoms with Crippen LogP contribution in [0.5, 0.6) is 11.5 Å². The molecule has 0 saturated carbocycles. The number of hydrogen-bond acceptors (Lipinski definition) is 4. The van der Waals surface area contributed by atoms with Gasteiger partial charge < -0.3 is 14.8 Å². The molecule has 3 aromatic rings. The van der Waals surface area contributed by atoms with E-state index in [0.29, 0.717) is 6.54 Å². The third-order valence-electron chi connectivity index (χ3n) is 6.11. The number of amides is 1. The Balaban J connectivity index is 1.32. The fourth-order valence-electron chi connectivity index (χ4n) is 4.24. The van der Waals surface area contributed by atoms with Crippen molar-refractivity contribution in [3.63, 3.8) is 0 Å². The van der Waals surface area contributed by atoms with Gasteiger partial charge in [-0.05, 0) is 79.0 Å². The number of halogens is 1. The van der Waals surface area contributed by atoms with Gasteiger partial charge in [-0.2, -0.15) is 0 Å². The van der Waals surface area contributed by atoms with Gasteiger partial charge in [0, 0.05) is 18.2 Å². The van der Waals surface area contributed by atoms with E-state index in [4.69, 9.17) is 9.47 Å². The molecule has 1 aliphatic heterocycles. The first-order valence-electron chi connectivity index (χ1n) is 11.2. The number of rotatable bonds is 7. The monoisotopic (exact) mass is 448 g/mol. The zero-order valence-corrected chi connectivity index (χ0v) is 19.0. The summed E-state index contributed by atoms with van der Waals surface area (Å²) in [4.78, 5) is 15.1. The van der Waals surface area contributed by atoms with Crippen LogP contribution in [-0.4, -0.2) is 38.1 Å². The number of piperidine rings is 1. The SMILES string of the molecule is COc1cccc(-c2cccc(NC(=O)C3CCN(Cc4ccc(OC)c(F)c4)CC3)c2)c1. The van der Waals surface area contributed by atoms with Gasteiger partial charge in [0.15, 0.2) is 11.6 Å². The summed E-state index contributed by atoms with van der Waals surface area (Å²) < 4.78 is 24.2. The van der Waals surface area contributed by atoms with Crippen LogP contribution in [0.2, 0.25) is 0 Å². The Hall–Kier alpha value is -3.38. The van der Waals surface area contributed by atoms with Gasteiger partial charge in [-0.3, -0.25) is 9.69 Å². The molecule has 0 aliphatic carbocycles. The summed E-state index contributed by atoms with van der Waals surface area (Å²) >= 11 is 0. The molecule has 172 valence electrons. The van der Waals surface area contributed by atoms with Gasteiger partial charge in [0.25, 0.3) is 0 Å². The third kappa shape index (κ3) is 5.71. The van der Waals surface area contributed by atoms with Crippen LogP contribution in [0.4, 0.5) is 10.1 Å². The van der Waals surface area contributed by atoms with E-state index in [1.54, 1.807) is 13.2 Å². The van der Waals surface area contributed by atoms with Crippen LogP contribution in [0.15, 0.2) is 66.7 Å². The summed E-state index contributed by atoms with van der Waals surface area (Å²) in [5.41, 5.74) is 3.75. The van der Waals surface area contributed by atoms with Crippen LogP contribution in [0.25, 0.3) is 11.1 Å². The standard InChI is InChI=1S/C27H29FN2O3/c1-32-24-8-4-6-22(17-24)21-5-3-7-23(16-21)29-27(31)20-11-13-30(14-12-20)18-19-9-10-26(33-2)25(28)15-19/h3-10,15-17,20H,11-14,18H2,1-2H3,(H,29,31). The fourth-order valence-corrected chi connectivity index (χ4v) is 4.24. The fraction of sp³-hybridized carbons (Fsp3) is 0.296. The second kappa shape index (κ2) is 10.5. The minimum Gasteiger partial charge on any atom is -0.497 e. The third-order valence-corrected chi connectivity index (χ3v) is 6.11. The molecule has 1 aliphatic rings. The molecule has 0 unspecified atom stereocenters. The summed E-state index contributed by atoms with van der Waals surface area (Å²) in [5, 5.41) is 3.08. The van der Waals surface area contributed by atoms with E-state index in [2.05, 4.69) is 10.2 Å². The lowest BCUT2D eigenvalue weighted by atomic mass is 9.95. The van der Waals surface area contributed by atoms with Crippen LogP contribution in [0.3, 0.4) is 0 Å². The molecule has 1 N–H and O–H groups in total. The van der Waals surface area contributed by atoms with Gasteiger partial charge in [0.1, 0.15) is 5.75 Å². The zero-order valence-electron chi connectivity index (χ0n) is 19.0. The van der Waals surface area contributed by atoms with Gasteiger partial charge in [-0.1, -0.05) is 30.3 Å². The van der Waals surface area contributed by atoms with E-state index in [9.17, 15) is 9.18 Å². The molecule has 0 aromatic heterocycles. The molecule has 1 fully saturated rings. The molecular weight excluding hydrogens is 419 g/mol. The molecule has 0 spiro atoms. The highest BCUT2D eigenvalue weighted by Gasteiger charge is 2.25. The molecule has 1 amide bonds. The minimum absolute atomic E-state index is 0.0330. The molecule has 4 rings (SSSR count). The van der Waals surface area contributed by atoms with Crippen molar-refractivity contribution in [3.05, 3.63) is 78.1 Å².